The van der Waals surface area contributed by atoms with Crippen LogP contribution in [0.4, 0.5) is 5.69 Å². The summed E-state index contributed by atoms with van der Waals surface area (Å²) in [5, 5.41) is 6.27. The predicted molar refractivity (Wildman–Crippen MR) is 130 cm³/mol. The fourth-order valence-electron chi connectivity index (χ4n) is 4.59. The highest BCUT2D eigenvalue weighted by Crippen LogP contribution is 2.33. The lowest BCUT2D eigenvalue weighted by molar-refractivity contribution is -0.129. The van der Waals surface area contributed by atoms with Gasteiger partial charge in [0, 0.05) is 24.9 Å². The molecule has 1 aliphatic carbocycles. The summed E-state index contributed by atoms with van der Waals surface area (Å²) in [5.74, 6) is -0.610. The number of rotatable bonds is 5. The van der Waals surface area contributed by atoms with Gasteiger partial charge in [-0.3, -0.25) is 14.4 Å². The number of amides is 3. The first-order chi connectivity index (χ1) is 15.9. The van der Waals surface area contributed by atoms with Gasteiger partial charge in [0.1, 0.15) is 0 Å². The molecule has 33 heavy (non-hydrogen) atoms. The van der Waals surface area contributed by atoms with Gasteiger partial charge in [-0.25, -0.2) is 0 Å². The molecule has 1 aliphatic heterocycles. The first-order valence-electron chi connectivity index (χ1n) is 11.4. The van der Waals surface area contributed by atoms with Gasteiger partial charge in [-0.15, -0.1) is 0 Å². The van der Waals surface area contributed by atoms with E-state index in [4.69, 9.17) is 11.6 Å². The molecule has 7 heteroatoms. The van der Waals surface area contributed by atoms with Crippen LogP contribution in [0.1, 0.15) is 73.0 Å². The third kappa shape index (κ3) is 5.45. The average molecular weight is 466 g/mol. The summed E-state index contributed by atoms with van der Waals surface area (Å²) in [4.78, 5) is 39.5. The minimum atomic E-state index is -0.398. The summed E-state index contributed by atoms with van der Waals surface area (Å²) in [6.45, 7) is 1.49. The van der Waals surface area contributed by atoms with Crippen LogP contribution in [-0.4, -0.2) is 28.7 Å². The number of hydrogen-bond acceptors (Lipinski definition) is 3. The van der Waals surface area contributed by atoms with Crippen molar-refractivity contribution in [1.82, 2.24) is 10.2 Å². The molecule has 1 heterocycles. The Kier molecular flexibility index (Phi) is 7.14. The normalized spacial score (nSPS) is 17.9. The first kappa shape index (κ1) is 23.1. The zero-order valence-electron chi connectivity index (χ0n) is 18.6. The Morgan fingerprint density at radius 1 is 1.06 bits per heavy atom. The monoisotopic (exact) mass is 465 g/mol. The van der Waals surface area contributed by atoms with Crippen LogP contribution < -0.4 is 10.6 Å². The van der Waals surface area contributed by atoms with Crippen LogP contribution >= 0.6 is 11.6 Å². The fraction of sp³-hybridized carbons (Fsp3) is 0.346. The molecule has 4 rings (SSSR count). The third-order valence-corrected chi connectivity index (χ3v) is 6.61. The second-order valence-corrected chi connectivity index (χ2v) is 9.05. The molecule has 1 atom stereocenters. The van der Waals surface area contributed by atoms with Gasteiger partial charge in [0.25, 0.3) is 5.91 Å². The van der Waals surface area contributed by atoms with E-state index in [2.05, 4.69) is 10.6 Å². The first-order valence-corrected chi connectivity index (χ1v) is 11.8. The van der Waals surface area contributed by atoms with Gasteiger partial charge < -0.3 is 15.5 Å². The van der Waals surface area contributed by atoms with Gasteiger partial charge in [0.15, 0.2) is 0 Å². The van der Waals surface area contributed by atoms with Gasteiger partial charge in [-0.2, -0.15) is 0 Å². The molecule has 2 aromatic carbocycles. The van der Waals surface area contributed by atoms with Crippen LogP contribution in [0.5, 0.6) is 0 Å². The molecule has 1 unspecified atom stereocenters. The molecule has 0 aromatic heterocycles. The second kappa shape index (κ2) is 10.2. The van der Waals surface area contributed by atoms with Crippen molar-refractivity contribution < 1.29 is 14.4 Å². The average Bonchev–Trinajstić information content (AvgIpc) is 2.81. The number of anilines is 1. The quantitative estimate of drug-likeness (QED) is 0.628. The molecule has 6 nitrogen and oxygen atoms in total. The second-order valence-electron chi connectivity index (χ2n) is 8.64. The number of nitrogens with zero attached hydrogens (tertiary/aromatic N) is 1. The number of nitrogens with one attached hydrogen (secondary N) is 2. The van der Waals surface area contributed by atoms with Gasteiger partial charge >= 0.3 is 0 Å². The van der Waals surface area contributed by atoms with Crippen LogP contribution in [0.3, 0.4) is 0 Å². The highest BCUT2D eigenvalue weighted by atomic mass is 35.5. The van der Waals surface area contributed by atoms with Crippen LogP contribution in [0.15, 0.2) is 48.7 Å². The smallest absolute Gasteiger partial charge is 0.253 e. The third-order valence-electron chi connectivity index (χ3n) is 6.28. The van der Waals surface area contributed by atoms with Gasteiger partial charge in [0.05, 0.1) is 23.0 Å². The molecule has 3 amide bonds. The topological polar surface area (TPSA) is 78.5 Å². The van der Waals surface area contributed by atoms with Crippen LogP contribution in [0, 0.1) is 0 Å². The van der Waals surface area contributed by atoms with E-state index in [9.17, 15) is 14.4 Å². The number of hydrogen-bond donors (Lipinski definition) is 2. The van der Waals surface area contributed by atoms with Crippen LogP contribution in [0.2, 0.25) is 5.02 Å². The maximum Gasteiger partial charge on any atom is 0.253 e. The summed E-state index contributed by atoms with van der Waals surface area (Å²) in [6.07, 6.45) is 9.08. The van der Waals surface area contributed by atoms with Crippen molar-refractivity contribution in [1.29, 1.82) is 0 Å². The molecule has 2 aromatic rings. The molecule has 0 spiro atoms. The standard InChI is InChI=1S/C26H28ClN3O3/c1-17(31)30-14-13-18-7-5-6-10-21(18)24(30)16-25(32)28-20-11-12-23(27)22(15-20)26(33)29-19-8-3-2-4-9-19/h5-7,10-15,19,24H,2-4,8-9,16H2,1H3,(H,28,32)(H,29,33). The van der Waals surface area contributed by atoms with Gasteiger partial charge in [-0.1, -0.05) is 55.1 Å². The number of carbonyl (C=O) groups excluding carboxylic acids is 3. The zero-order chi connectivity index (χ0) is 23.4. The van der Waals surface area contributed by atoms with Crippen LogP contribution in [-0.2, 0) is 9.59 Å². The predicted octanol–water partition coefficient (Wildman–Crippen LogP) is 5.31. The lowest BCUT2D eigenvalue weighted by Crippen LogP contribution is -2.36. The zero-order valence-corrected chi connectivity index (χ0v) is 19.4. The molecule has 172 valence electrons. The van der Waals surface area contributed by atoms with E-state index in [0.29, 0.717) is 16.3 Å². The van der Waals surface area contributed by atoms with Gasteiger partial charge in [0.2, 0.25) is 11.8 Å². The van der Waals surface area contributed by atoms with E-state index in [1.54, 1.807) is 29.3 Å². The molecule has 0 bridgehead atoms. The molecule has 2 N–H and O–H groups in total. The summed E-state index contributed by atoms with van der Waals surface area (Å²) >= 11 is 6.29. The lowest BCUT2D eigenvalue weighted by atomic mass is 9.93. The molecular weight excluding hydrogens is 438 g/mol. The highest BCUT2D eigenvalue weighted by molar-refractivity contribution is 6.34. The van der Waals surface area contributed by atoms with Crippen LogP contribution in [0.25, 0.3) is 6.08 Å². The summed E-state index contributed by atoms with van der Waals surface area (Å²) in [7, 11) is 0. The molecule has 0 radical (unpaired) electrons. The van der Waals surface area contributed by atoms with Crippen molar-refractivity contribution in [2.24, 2.45) is 0 Å². The summed E-state index contributed by atoms with van der Waals surface area (Å²) < 4.78 is 0. The Morgan fingerprint density at radius 3 is 2.58 bits per heavy atom. The molecule has 1 fully saturated rings. The fourth-order valence-corrected chi connectivity index (χ4v) is 4.79. The van der Waals surface area contributed by atoms with Crippen molar-refractivity contribution in [3.63, 3.8) is 0 Å². The van der Waals surface area contributed by atoms with Crippen molar-refractivity contribution in [2.45, 2.75) is 57.5 Å². The van der Waals surface area contributed by atoms with Crippen molar-refractivity contribution in [3.05, 3.63) is 70.4 Å². The summed E-state index contributed by atoms with van der Waals surface area (Å²) in [6, 6.07) is 12.4. The minimum absolute atomic E-state index is 0.0904. The van der Waals surface area contributed by atoms with E-state index in [1.807, 2.05) is 30.3 Å². The van der Waals surface area contributed by atoms with Gasteiger partial charge in [-0.05, 0) is 48.2 Å². The summed E-state index contributed by atoms with van der Waals surface area (Å²) in [5.41, 5.74) is 2.75. The van der Waals surface area contributed by atoms with Crippen molar-refractivity contribution in [2.75, 3.05) is 5.32 Å². The van der Waals surface area contributed by atoms with E-state index >= 15 is 0 Å². The molecular formula is C26H28ClN3O3. The lowest BCUT2D eigenvalue weighted by Gasteiger charge is -2.32. The Hall–Kier alpha value is -3.12. The Bertz CT molecular complexity index is 1090. The highest BCUT2D eigenvalue weighted by Gasteiger charge is 2.28. The largest absolute Gasteiger partial charge is 0.349 e. The Morgan fingerprint density at radius 2 is 1.82 bits per heavy atom. The maximum absolute atomic E-state index is 12.9. The maximum atomic E-state index is 12.9. The molecule has 0 saturated heterocycles. The van der Waals surface area contributed by atoms with Crippen molar-refractivity contribution >= 4 is 41.1 Å². The van der Waals surface area contributed by atoms with E-state index in [0.717, 1.165) is 36.8 Å². The van der Waals surface area contributed by atoms with Crippen molar-refractivity contribution in [3.8, 4) is 0 Å². The number of halogens is 1. The molecule has 1 saturated carbocycles. The molecule has 2 aliphatic rings. The Balaban J connectivity index is 1.47. The van der Waals surface area contributed by atoms with E-state index in [1.165, 1.54) is 13.3 Å². The minimum Gasteiger partial charge on any atom is -0.349 e. The number of fused-ring (bicyclic) bond motifs is 1. The number of benzene rings is 2. The van der Waals surface area contributed by atoms with E-state index < -0.39 is 6.04 Å². The SMILES string of the molecule is CC(=O)N1C=Cc2ccccc2C1CC(=O)Nc1ccc(Cl)c(C(=O)NC2CCCCC2)c1. The number of carbonyl (C=O) groups is 3. The van der Waals surface area contributed by atoms with E-state index in [-0.39, 0.29) is 30.2 Å². The Labute approximate surface area is 199 Å².